The first-order valence-corrected chi connectivity index (χ1v) is 13.3. The molecule has 0 radical (unpaired) electrons. The molecule has 1 aliphatic carbocycles. The molecule has 0 unspecified atom stereocenters. The first kappa shape index (κ1) is 26.1. The number of esters is 1. The third-order valence-corrected chi connectivity index (χ3v) is 7.83. The lowest BCUT2D eigenvalue weighted by molar-refractivity contribution is -0.148. The Labute approximate surface area is 210 Å². The lowest BCUT2D eigenvalue weighted by Crippen LogP contribution is -2.34. The van der Waals surface area contributed by atoms with Crippen molar-refractivity contribution < 1.29 is 26.7 Å². The van der Waals surface area contributed by atoms with Crippen molar-refractivity contribution in [2.24, 2.45) is 0 Å². The summed E-state index contributed by atoms with van der Waals surface area (Å²) in [5, 5.41) is 9.89. The monoisotopic (exact) mass is 540 g/mol. The van der Waals surface area contributed by atoms with E-state index in [1.165, 1.54) is 28.8 Å². The second kappa shape index (κ2) is 9.16. The number of anilines is 1. The van der Waals surface area contributed by atoms with Gasteiger partial charge in [0.05, 0.1) is 16.9 Å². The Bertz CT molecular complexity index is 1450. The first-order chi connectivity index (χ1) is 16.7. The molecule has 3 aromatic heterocycles. The van der Waals surface area contributed by atoms with E-state index in [4.69, 9.17) is 4.74 Å². The summed E-state index contributed by atoms with van der Waals surface area (Å²) >= 11 is 0.645. The van der Waals surface area contributed by atoms with Crippen LogP contribution in [-0.2, 0) is 19.6 Å². The van der Waals surface area contributed by atoms with Crippen molar-refractivity contribution in [3.63, 3.8) is 0 Å². The maximum Gasteiger partial charge on any atom is 0.331 e. The molecule has 14 heteroatoms. The summed E-state index contributed by atoms with van der Waals surface area (Å²) in [5.41, 5.74) is -0.123. The van der Waals surface area contributed by atoms with Crippen LogP contribution in [0.5, 0.6) is 0 Å². The van der Waals surface area contributed by atoms with Crippen molar-refractivity contribution in [1.82, 2.24) is 24.3 Å². The molecule has 0 aromatic carbocycles. The summed E-state index contributed by atoms with van der Waals surface area (Å²) in [6.07, 6.45) is 2.60. The van der Waals surface area contributed by atoms with Gasteiger partial charge < -0.3 is 10.1 Å². The number of halogens is 2. The van der Waals surface area contributed by atoms with Crippen LogP contribution in [0, 0.1) is 0 Å². The molecule has 10 nitrogen and oxygen atoms in total. The molecule has 36 heavy (non-hydrogen) atoms. The number of imidazole rings is 1. The fourth-order valence-electron chi connectivity index (χ4n) is 3.39. The molecule has 1 fully saturated rings. The van der Waals surface area contributed by atoms with Crippen molar-refractivity contribution >= 4 is 44.6 Å². The third kappa shape index (κ3) is 5.55. The fourth-order valence-corrected chi connectivity index (χ4v) is 5.57. The number of hydrogen-bond donors (Lipinski definition) is 2. The van der Waals surface area contributed by atoms with Crippen LogP contribution in [0.15, 0.2) is 23.2 Å². The van der Waals surface area contributed by atoms with E-state index in [-0.39, 0.29) is 21.4 Å². The van der Waals surface area contributed by atoms with Gasteiger partial charge in [-0.05, 0) is 52.7 Å². The van der Waals surface area contributed by atoms with Crippen LogP contribution in [0.4, 0.5) is 14.5 Å². The topological polar surface area (TPSA) is 128 Å². The summed E-state index contributed by atoms with van der Waals surface area (Å²) < 4.78 is 62.1. The zero-order chi connectivity index (χ0) is 26.5. The molecule has 3 heterocycles. The van der Waals surface area contributed by atoms with Crippen LogP contribution in [-0.4, -0.2) is 52.2 Å². The van der Waals surface area contributed by atoms with Crippen LogP contribution < -0.4 is 10.0 Å². The number of fused-ring (bicyclic) bond motifs is 1. The SMILES string of the molecule is CNc1cc(S(=O)(=O)NC2(C)CC2)cn2c(-c3nnc(C(F)F)s3)nc(/C=C/C(=O)OC(C)(C)C)c12. The number of alkyl halides is 2. The normalized spacial score (nSPS) is 15.7. The van der Waals surface area contributed by atoms with Crippen LogP contribution in [0.3, 0.4) is 0 Å². The Hall–Kier alpha value is -2.97. The van der Waals surface area contributed by atoms with Gasteiger partial charge in [0.15, 0.2) is 15.8 Å². The maximum atomic E-state index is 13.2. The number of sulfonamides is 1. The summed E-state index contributed by atoms with van der Waals surface area (Å²) in [5.74, 6) is -0.502. The van der Waals surface area contributed by atoms with Crippen molar-refractivity contribution in [3.05, 3.63) is 29.0 Å². The molecule has 0 aliphatic heterocycles. The molecule has 1 saturated carbocycles. The van der Waals surface area contributed by atoms with Gasteiger partial charge >= 0.3 is 5.97 Å². The number of nitrogens with one attached hydrogen (secondary N) is 2. The highest BCUT2D eigenvalue weighted by atomic mass is 32.2. The number of carbonyl (C=O) groups excluding carboxylic acids is 1. The van der Waals surface area contributed by atoms with Gasteiger partial charge in [-0.1, -0.05) is 11.3 Å². The number of hydrogen-bond acceptors (Lipinski definition) is 9. The maximum absolute atomic E-state index is 13.2. The van der Waals surface area contributed by atoms with Gasteiger partial charge in [-0.25, -0.2) is 31.7 Å². The Morgan fingerprint density at radius 1 is 1.31 bits per heavy atom. The lowest BCUT2D eigenvalue weighted by atomic mass is 10.2. The molecule has 2 N–H and O–H groups in total. The Morgan fingerprint density at radius 2 is 2.00 bits per heavy atom. The number of nitrogens with zero attached hydrogens (tertiary/aromatic N) is 4. The molecule has 0 atom stereocenters. The molecule has 1 aliphatic rings. The average molecular weight is 541 g/mol. The van der Waals surface area contributed by atoms with E-state index >= 15 is 0 Å². The van der Waals surface area contributed by atoms with Crippen molar-refractivity contribution in [3.8, 4) is 10.8 Å². The number of pyridine rings is 1. The van der Waals surface area contributed by atoms with Gasteiger partial charge in [0.25, 0.3) is 6.43 Å². The minimum absolute atomic E-state index is 0.0487. The zero-order valence-electron chi connectivity index (χ0n) is 20.3. The smallest absolute Gasteiger partial charge is 0.331 e. The highest BCUT2D eigenvalue weighted by molar-refractivity contribution is 7.89. The van der Waals surface area contributed by atoms with E-state index in [1.54, 1.807) is 27.8 Å². The van der Waals surface area contributed by atoms with E-state index in [0.29, 0.717) is 22.5 Å². The van der Waals surface area contributed by atoms with Gasteiger partial charge in [0.1, 0.15) is 10.5 Å². The summed E-state index contributed by atoms with van der Waals surface area (Å²) in [6.45, 7) is 7.01. The highest BCUT2D eigenvalue weighted by Gasteiger charge is 2.41. The molecule has 4 rings (SSSR count). The Balaban J connectivity index is 1.89. The van der Waals surface area contributed by atoms with E-state index in [1.807, 2.05) is 6.92 Å². The quantitative estimate of drug-likeness (QED) is 0.324. The predicted molar refractivity (Wildman–Crippen MR) is 131 cm³/mol. The van der Waals surface area contributed by atoms with Gasteiger partial charge in [0.2, 0.25) is 10.0 Å². The minimum Gasteiger partial charge on any atom is -0.457 e. The largest absolute Gasteiger partial charge is 0.457 e. The standard InChI is InChI=1S/C22H26F2N6O4S2/c1-21(2,3)34-15(31)7-6-13-16-14(25-5)10-12(36(32,33)29-22(4)8-9-22)11-30(16)18(26-13)20-28-27-19(35-20)17(23)24/h6-7,10-11,17,25,29H,8-9H2,1-5H3/b7-6+. The Kier molecular flexibility index (Phi) is 6.64. The number of ether oxygens (including phenoxy) is 1. The van der Waals surface area contributed by atoms with E-state index in [0.717, 1.165) is 12.8 Å². The van der Waals surface area contributed by atoms with Gasteiger partial charge in [-0.3, -0.25) is 4.40 Å². The van der Waals surface area contributed by atoms with E-state index in [2.05, 4.69) is 25.2 Å². The highest BCUT2D eigenvalue weighted by Crippen LogP contribution is 2.37. The van der Waals surface area contributed by atoms with Crippen LogP contribution >= 0.6 is 11.3 Å². The van der Waals surface area contributed by atoms with Crippen LogP contribution in [0.2, 0.25) is 0 Å². The van der Waals surface area contributed by atoms with Crippen molar-refractivity contribution in [2.45, 2.75) is 63.0 Å². The number of carbonyl (C=O) groups is 1. The molecule has 0 amide bonds. The Morgan fingerprint density at radius 3 is 2.56 bits per heavy atom. The predicted octanol–water partition coefficient (Wildman–Crippen LogP) is 4.02. The van der Waals surface area contributed by atoms with Crippen molar-refractivity contribution in [2.75, 3.05) is 12.4 Å². The van der Waals surface area contributed by atoms with Crippen molar-refractivity contribution in [1.29, 1.82) is 0 Å². The molecular weight excluding hydrogens is 514 g/mol. The molecule has 0 bridgehead atoms. The second-order valence-electron chi connectivity index (χ2n) is 9.66. The number of rotatable bonds is 8. The van der Waals surface area contributed by atoms with Crippen LogP contribution in [0.25, 0.3) is 22.4 Å². The van der Waals surface area contributed by atoms with Gasteiger partial charge in [0, 0.05) is 24.9 Å². The number of aromatic nitrogens is 4. The minimum atomic E-state index is -3.91. The molecule has 194 valence electrons. The zero-order valence-corrected chi connectivity index (χ0v) is 21.9. The third-order valence-electron chi connectivity index (χ3n) is 5.30. The summed E-state index contributed by atoms with van der Waals surface area (Å²) in [6, 6.07) is 1.45. The average Bonchev–Trinajstić information content (AvgIpc) is 3.16. The van der Waals surface area contributed by atoms with E-state index < -0.39 is 38.6 Å². The first-order valence-electron chi connectivity index (χ1n) is 11.0. The van der Waals surface area contributed by atoms with Gasteiger partial charge in [-0.15, -0.1) is 10.2 Å². The lowest BCUT2D eigenvalue weighted by Gasteiger charge is -2.17. The molecule has 0 spiro atoms. The van der Waals surface area contributed by atoms with Gasteiger partial charge in [-0.2, -0.15) is 0 Å². The van der Waals surface area contributed by atoms with Crippen LogP contribution in [0.1, 0.15) is 57.7 Å². The summed E-state index contributed by atoms with van der Waals surface area (Å²) in [7, 11) is -2.30. The molecule has 0 saturated heterocycles. The molecule has 3 aromatic rings. The van der Waals surface area contributed by atoms with E-state index in [9.17, 15) is 22.0 Å². The molecular formula is C22H26F2N6O4S2. The second-order valence-corrected chi connectivity index (χ2v) is 12.3. The summed E-state index contributed by atoms with van der Waals surface area (Å²) in [4.78, 5) is 16.7. The fraction of sp³-hybridized carbons (Fsp3) is 0.455.